The predicted molar refractivity (Wildman–Crippen MR) is 87.2 cm³/mol. The van der Waals surface area contributed by atoms with Gasteiger partial charge >= 0.3 is 6.03 Å². The molecule has 1 heterocycles. The lowest BCUT2D eigenvalue weighted by molar-refractivity contribution is -0.123. The van der Waals surface area contributed by atoms with E-state index in [-0.39, 0.29) is 13.4 Å². The number of urea groups is 1. The van der Waals surface area contributed by atoms with Crippen LogP contribution in [-0.2, 0) is 4.79 Å². The van der Waals surface area contributed by atoms with Crippen molar-refractivity contribution in [3.63, 3.8) is 0 Å². The second-order valence-electron chi connectivity index (χ2n) is 6.01. The van der Waals surface area contributed by atoms with Crippen molar-refractivity contribution in [3.05, 3.63) is 11.1 Å². The van der Waals surface area contributed by atoms with Crippen molar-refractivity contribution >= 4 is 11.9 Å². The van der Waals surface area contributed by atoms with Gasteiger partial charge in [-0.3, -0.25) is 9.69 Å². The first-order valence-electron chi connectivity index (χ1n) is 7.87. The van der Waals surface area contributed by atoms with Gasteiger partial charge in [0.05, 0.1) is 6.54 Å². The molecule has 0 saturated heterocycles. The van der Waals surface area contributed by atoms with Crippen molar-refractivity contribution < 1.29 is 11.0 Å². The Labute approximate surface area is 129 Å². The van der Waals surface area contributed by atoms with Crippen LogP contribution in [-0.4, -0.2) is 55.0 Å². The summed E-state index contributed by atoms with van der Waals surface area (Å²) in [7, 11) is 2.06. The number of hydrogen-bond donors (Lipinski definition) is 1. The lowest BCUT2D eigenvalue weighted by Crippen LogP contribution is -2.44. The Balaban J connectivity index is 0.00000441. The van der Waals surface area contributed by atoms with Gasteiger partial charge in [0.1, 0.15) is 0 Å². The fraction of sp³-hybridized carbons (Fsp3) is 0.750. The third-order valence-electron chi connectivity index (χ3n) is 4.10. The molecule has 1 atom stereocenters. The average Bonchev–Trinajstić information content (AvgIpc) is 2.73. The Morgan fingerprint density at radius 2 is 2.14 bits per heavy atom. The quantitative estimate of drug-likeness (QED) is 0.785. The topological polar surface area (TPSA) is 52.7 Å². The standard InChI is InChI=1S/C16H29N3O2.H2/c1-6-12(3)10-18(5)9-8-17-16(21)19-11-13(4)14(7-2)15(19)20;/h12H,6-11H2,1-5H3,(H,17,21);1H. The van der Waals surface area contributed by atoms with Gasteiger partial charge in [0.2, 0.25) is 0 Å². The fourth-order valence-electron chi connectivity index (χ4n) is 2.57. The minimum Gasteiger partial charge on any atom is -0.336 e. The second kappa shape index (κ2) is 8.17. The highest BCUT2D eigenvalue weighted by Crippen LogP contribution is 2.21. The number of hydrogen-bond acceptors (Lipinski definition) is 3. The zero-order valence-electron chi connectivity index (χ0n) is 14.0. The Kier molecular flexibility index (Phi) is 6.89. The second-order valence-corrected chi connectivity index (χ2v) is 6.01. The van der Waals surface area contributed by atoms with Crippen LogP contribution in [0, 0.1) is 5.92 Å². The van der Waals surface area contributed by atoms with Gasteiger partial charge in [0.25, 0.3) is 5.91 Å². The first kappa shape index (κ1) is 17.7. The zero-order valence-corrected chi connectivity index (χ0v) is 14.0. The van der Waals surface area contributed by atoms with Crippen molar-refractivity contribution in [1.82, 2.24) is 15.1 Å². The van der Waals surface area contributed by atoms with Crippen LogP contribution in [0.1, 0.15) is 42.0 Å². The van der Waals surface area contributed by atoms with E-state index in [1.165, 1.54) is 4.90 Å². The lowest BCUT2D eigenvalue weighted by Gasteiger charge is -2.21. The first-order valence-corrected chi connectivity index (χ1v) is 7.87. The van der Waals surface area contributed by atoms with E-state index in [9.17, 15) is 9.59 Å². The zero-order chi connectivity index (χ0) is 16.0. The van der Waals surface area contributed by atoms with E-state index in [1.54, 1.807) is 0 Å². The molecule has 5 nitrogen and oxygen atoms in total. The molecule has 1 rings (SSSR count). The molecule has 1 N–H and O–H groups in total. The van der Waals surface area contributed by atoms with E-state index < -0.39 is 0 Å². The van der Waals surface area contributed by atoms with E-state index in [0.717, 1.165) is 30.7 Å². The minimum absolute atomic E-state index is 0. The minimum atomic E-state index is -0.278. The number of likely N-dealkylation sites (N-methyl/N-ethyl adjacent to an activating group) is 1. The number of carbonyl (C=O) groups is 2. The van der Waals surface area contributed by atoms with E-state index in [1.807, 2.05) is 13.8 Å². The van der Waals surface area contributed by atoms with Crippen molar-refractivity contribution in [2.45, 2.75) is 40.5 Å². The summed E-state index contributed by atoms with van der Waals surface area (Å²) in [6.07, 6.45) is 1.84. The Morgan fingerprint density at radius 3 is 2.67 bits per heavy atom. The van der Waals surface area contributed by atoms with Crippen LogP contribution in [0.3, 0.4) is 0 Å². The van der Waals surface area contributed by atoms with E-state index >= 15 is 0 Å². The van der Waals surface area contributed by atoms with E-state index in [0.29, 0.717) is 25.4 Å². The molecular weight excluding hydrogens is 266 g/mol. The molecule has 0 spiro atoms. The van der Waals surface area contributed by atoms with E-state index in [4.69, 9.17) is 0 Å². The number of rotatable bonds is 7. The summed E-state index contributed by atoms with van der Waals surface area (Å²) in [4.78, 5) is 27.7. The molecule has 122 valence electrons. The SMILES string of the molecule is CCC1=C(C)CN(C(=O)NCCN(C)CC(C)CC)C1=O.[HH]. The molecule has 0 aromatic rings. The monoisotopic (exact) mass is 297 g/mol. The van der Waals surface area contributed by atoms with Crippen LogP contribution in [0.25, 0.3) is 0 Å². The van der Waals surface area contributed by atoms with Crippen molar-refractivity contribution in [2.24, 2.45) is 5.92 Å². The average molecular weight is 297 g/mol. The summed E-state index contributed by atoms with van der Waals surface area (Å²) in [5, 5.41) is 2.84. The first-order chi connectivity index (χ1) is 9.90. The molecule has 0 bridgehead atoms. The largest absolute Gasteiger partial charge is 0.336 e. The van der Waals surface area contributed by atoms with Crippen LogP contribution >= 0.6 is 0 Å². The van der Waals surface area contributed by atoms with Gasteiger partial charge in [-0.25, -0.2) is 4.79 Å². The number of imide groups is 1. The summed E-state index contributed by atoms with van der Waals surface area (Å²) >= 11 is 0. The van der Waals surface area contributed by atoms with Crippen LogP contribution in [0.4, 0.5) is 4.79 Å². The molecule has 0 saturated carbocycles. The van der Waals surface area contributed by atoms with Gasteiger partial charge in [-0.05, 0) is 31.9 Å². The van der Waals surface area contributed by atoms with Crippen LogP contribution in [0.2, 0.25) is 0 Å². The Morgan fingerprint density at radius 1 is 1.48 bits per heavy atom. The molecule has 0 aromatic carbocycles. The van der Waals surface area contributed by atoms with Crippen LogP contribution in [0.5, 0.6) is 0 Å². The normalized spacial score (nSPS) is 16.9. The maximum Gasteiger partial charge on any atom is 0.324 e. The number of nitrogens with zero attached hydrogens (tertiary/aromatic N) is 2. The molecule has 1 aliphatic heterocycles. The highest BCUT2D eigenvalue weighted by molar-refractivity contribution is 6.06. The summed E-state index contributed by atoms with van der Waals surface area (Å²) in [5.74, 6) is 0.519. The van der Waals surface area contributed by atoms with Crippen molar-refractivity contribution in [2.75, 3.05) is 33.2 Å². The van der Waals surface area contributed by atoms with Crippen molar-refractivity contribution in [3.8, 4) is 0 Å². The number of nitrogens with one attached hydrogen (secondary N) is 1. The summed E-state index contributed by atoms with van der Waals surface area (Å²) in [6, 6.07) is -0.278. The number of amides is 3. The van der Waals surface area contributed by atoms with E-state index in [2.05, 4.69) is 31.1 Å². The molecule has 0 aromatic heterocycles. The van der Waals surface area contributed by atoms with Gasteiger partial charge in [0, 0.05) is 26.6 Å². The molecular formula is C16H31N3O2. The molecule has 21 heavy (non-hydrogen) atoms. The lowest BCUT2D eigenvalue weighted by atomic mass is 10.1. The molecule has 0 aliphatic carbocycles. The Hall–Kier alpha value is -1.36. The van der Waals surface area contributed by atoms with Gasteiger partial charge in [0.15, 0.2) is 0 Å². The molecule has 0 fully saturated rings. The maximum absolute atomic E-state index is 12.1. The van der Waals surface area contributed by atoms with Gasteiger partial charge in [-0.2, -0.15) is 0 Å². The predicted octanol–water partition coefficient (Wildman–Crippen LogP) is 2.49. The summed E-state index contributed by atoms with van der Waals surface area (Å²) in [5.41, 5.74) is 1.78. The third-order valence-corrected chi connectivity index (χ3v) is 4.10. The highest BCUT2D eigenvalue weighted by Gasteiger charge is 2.31. The molecule has 3 amide bonds. The molecule has 0 radical (unpaired) electrons. The van der Waals surface area contributed by atoms with Gasteiger partial charge in [-0.1, -0.05) is 27.2 Å². The van der Waals surface area contributed by atoms with Crippen LogP contribution < -0.4 is 5.32 Å². The number of carbonyl (C=O) groups excluding carboxylic acids is 2. The molecule has 5 heteroatoms. The fourth-order valence-corrected chi connectivity index (χ4v) is 2.57. The smallest absolute Gasteiger partial charge is 0.324 e. The van der Waals surface area contributed by atoms with Gasteiger partial charge in [-0.15, -0.1) is 0 Å². The van der Waals surface area contributed by atoms with Crippen LogP contribution in [0.15, 0.2) is 11.1 Å². The molecule has 1 aliphatic rings. The highest BCUT2D eigenvalue weighted by atomic mass is 16.2. The Bertz CT molecular complexity index is 424. The van der Waals surface area contributed by atoms with Gasteiger partial charge < -0.3 is 10.2 Å². The third kappa shape index (κ3) is 4.84. The summed E-state index contributed by atoms with van der Waals surface area (Å²) < 4.78 is 0. The maximum atomic E-state index is 12.1. The molecule has 1 unspecified atom stereocenters. The van der Waals surface area contributed by atoms with Crippen molar-refractivity contribution in [1.29, 1.82) is 0 Å². The summed E-state index contributed by atoms with van der Waals surface area (Å²) in [6.45, 7) is 11.1.